The Balaban J connectivity index is 1.82. The third kappa shape index (κ3) is 2.82. The maximum absolute atomic E-state index is 11.5. The van der Waals surface area contributed by atoms with Crippen molar-refractivity contribution in [2.45, 2.75) is 13.3 Å². The minimum absolute atomic E-state index is 0.0245. The summed E-state index contributed by atoms with van der Waals surface area (Å²) in [5.74, 6) is -0.595. The van der Waals surface area contributed by atoms with Gasteiger partial charge in [-0.3, -0.25) is 9.59 Å². The van der Waals surface area contributed by atoms with Gasteiger partial charge in [0.25, 0.3) is 0 Å². The first kappa shape index (κ1) is 12.0. The SMILES string of the molecule is CC1=NNC(=O)C1CC(=O)NN=Cc1ccco1. The quantitative estimate of drug-likeness (QED) is 0.590. The highest BCUT2D eigenvalue weighted by atomic mass is 16.3. The zero-order valence-corrected chi connectivity index (χ0v) is 9.71. The van der Waals surface area contributed by atoms with E-state index in [0.717, 1.165) is 0 Å². The molecule has 0 saturated carbocycles. The van der Waals surface area contributed by atoms with Gasteiger partial charge in [0.15, 0.2) is 0 Å². The fourth-order valence-electron chi connectivity index (χ4n) is 1.49. The molecule has 1 aromatic rings. The fraction of sp³-hybridized carbons (Fsp3) is 0.273. The predicted molar refractivity (Wildman–Crippen MR) is 63.8 cm³/mol. The van der Waals surface area contributed by atoms with E-state index in [4.69, 9.17) is 4.42 Å². The van der Waals surface area contributed by atoms with Gasteiger partial charge >= 0.3 is 0 Å². The Morgan fingerprint density at radius 1 is 1.72 bits per heavy atom. The average Bonchev–Trinajstić information content (AvgIpc) is 2.94. The number of nitrogens with one attached hydrogen (secondary N) is 2. The number of hydrogen-bond acceptors (Lipinski definition) is 5. The molecule has 7 heteroatoms. The number of carbonyl (C=O) groups excluding carboxylic acids is 2. The lowest BCUT2D eigenvalue weighted by molar-refractivity contribution is -0.127. The van der Waals surface area contributed by atoms with Crippen LogP contribution in [-0.2, 0) is 9.59 Å². The van der Waals surface area contributed by atoms with Crippen molar-refractivity contribution < 1.29 is 14.0 Å². The first-order valence-electron chi connectivity index (χ1n) is 5.36. The average molecular weight is 248 g/mol. The van der Waals surface area contributed by atoms with E-state index in [1.54, 1.807) is 19.1 Å². The summed E-state index contributed by atoms with van der Waals surface area (Å²) >= 11 is 0. The van der Waals surface area contributed by atoms with Gasteiger partial charge in [-0.2, -0.15) is 10.2 Å². The highest BCUT2D eigenvalue weighted by Crippen LogP contribution is 2.11. The Morgan fingerprint density at radius 2 is 2.56 bits per heavy atom. The molecular weight excluding hydrogens is 236 g/mol. The summed E-state index contributed by atoms with van der Waals surface area (Å²) in [4.78, 5) is 22.8. The Hall–Kier alpha value is -2.44. The smallest absolute Gasteiger partial charge is 0.249 e. The van der Waals surface area contributed by atoms with Crippen LogP contribution >= 0.6 is 0 Å². The van der Waals surface area contributed by atoms with Gasteiger partial charge in [-0.05, 0) is 19.1 Å². The largest absolute Gasteiger partial charge is 0.463 e. The zero-order chi connectivity index (χ0) is 13.0. The first-order chi connectivity index (χ1) is 8.66. The van der Waals surface area contributed by atoms with Crippen molar-refractivity contribution in [2.24, 2.45) is 16.1 Å². The topological polar surface area (TPSA) is 96.1 Å². The standard InChI is InChI=1S/C11H12N4O3/c1-7-9(11(17)15-13-7)5-10(16)14-12-6-8-3-2-4-18-8/h2-4,6,9H,5H2,1H3,(H,14,16)(H,15,17). The monoisotopic (exact) mass is 248 g/mol. The minimum Gasteiger partial charge on any atom is -0.463 e. The third-order valence-electron chi connectivity index (χ3n) is 2.48. The normalized spacial score (nSPS) is 18.8. The number of nitrogens with zero attached hydrogens (tertiary/aromatic N) is 2. The highest BCUT2D eigenvalue weighted by molar-refractivity contribution is 6.09. The Morgan fingerprint density at radius 3 is 3.17 bits per heavy atom. The van der Waals surface area contributed by atoms with Crippen LogP contribution in [-0.4, -0.2) is 23.7 Å². The summed E-state index contributed by atoms with van der Waals surface area (Å²) in [5, 5.41) is 7.47. The molecule has 1 aliphatic rings. The van der Waals surface area contributed by atoms with E-state index in [1.807, 2.05) is 0 Å². The molecule has 1 unspecified atom stereocenters. The van der Waals surface area contributed by atoms with E-state index in [9.17, 15) is 9.59 Å². The van der Waals surface area contributed by atoms with Gasteiger partial charge in [0.1, 0.15) is 5.76 Å². The molecule has 2 N–H and O–H groups in total. The maximum atomic E-state index is 11.5. The van der Waals surface area contributed by atoms with Crippen molar-refractivity contribution in [3.63, 3.8) is 0 Å². The molecule has 0 radical (unpaired) electrons. The molecule has 2 amide bonds. The molecule has 0 spiro atoms. The van der Waals surface area contributed by atoms with Gasteiger partial charge in [0, 0.05) is 12.1 Å². The molecule has 1 aromatic heterocycles. The van der Waals surface area contributed by atoms with Crippen molar-refractivity contribution >= 4 is 23.7 Å². The number of amides is 2. The molecule has 18 heavy (non-hydrogen) atoms. The Labute approximate surface area is 103 Å². The number of carbonyl (C=O) groups is 2. The molecule has 94 valence electrons. The number of rotatable bonds is 4. The van der Waals surface area contributed by atoms with E-state index in [1.165, 1.54) is 12.5 Å². The zero-order valence-electron chi connectivity index (χ0n) is 9.71. The van der Waals surface area contributed by atoms with E-state index in [2.05, 4.69) is 21.1 Å². The summed E-state index contributed by atoms with van der Waals surface area (Å²) in [7, 11) is 0. The Bertz CT molecular complexity index is 504. The summed E-state index contributed by atoms with van der Waals surface area (Å²) in [6, 6.07) is 3.42. The highest BCUT2D eigenvalue weighted by Gasteiger charge is 2.28. The van der Waals surface area contributed by atoms with E-state index in [-0.39, 0.29) is 18.2 Å². The van der Waals surface area contributed by atoms with Crippen molar-refractivity contribution in [2.75, 3.05) is 0 Å². The van der Waals surface area contributed by atoms with E-state index in [0.29, 0.717) is 11.5 Å². The van der Waals surface area contributed by atoms with Crippen molar-refractivity contribution in [1.82, 2.24) is 10.9 Å². The summed E-state index contributed by atoms with van der Waals surface area (Å²) in [6.07, 6.45) is 2.91. The lowest BCUT2D eigenvalue weighted by atomic mass is 10.0. The van der Waals surface area contributed by atoms with Crippen LogP contribution in [0, 0.1) is 5.92 Å². The molecule has 1 aliphatic heterocycles. The van der Waals surface area contributed by atoms with Gasteiger partial charge in [-0.25, -0.2) is 10.9 Å². The van der Waals surface area contributed by atoms with Crippen LogP contribution in [0.2, 0.25) is 0 Å². The van der Waals surface area contributed by atoms with Crippen LogP contribution in [0.4, 0.5) is 0 Å². The van der Waals surface area contributed by atoms with Gasteiger partial charge in [0.05, 0.1) is 18.4 Å². The maximum Gasteiger partial charge on any atom is 0.249 e. The Kier molecular flexibility index (Phi) is 3.52. The number of furan rings is 1. The van der Waals surface area contributed by atoms with Crippen LogP contribution in [0.1, 0.15) is 19.1 Å². The van der Waals surface area contributed by atoms with E-state index < -0.39 is 5.92 Å². The van der Waals surface area contributed by atoms with Gasteiger partial charge in [-0.1, -0.05) is 0 Å². The van der Waals surface area contributed by atoms with Crippen molar-refractivity contribution in [3.8, 4) is 0 Å². The molecule has 2 rings (SSSR count). The molecule has 0 aromatic carbocycles. The van der Waals surface area contributed by atoms with E-state index >= 15 is 0 Å². The summed E-state index contributed by atoms with van der Waals surface area (Å²) in [6.45, 7) is 1.70. The molecule has 2 heterocycles. The number of hydrogen-bond donors (Lipinski definition) is 2. The van der Waals surface area contributed by atoms with Gasteiger partial charge < -0.3 is 4.42 Å². The van der Waals surface area contributed by atoms with Crippen molar-refractivity contribution in [1.29, 1.82) is 0 Å². The molecule has 0 fully saturated rings. The van der Waals surface area contributed by atoms with Crippen molar-refractivity contribution in [3.05, 3.63) is 24.2 Å². The number of hydrazone groups is 2. The third-order valence-corrected chi connectivity index (χ3v) is 2.48. The first-order valence-corrected chi connectivity index (χ1v) is 5.36. The molecule has 7 nitrogen and oxygen atoms in total. The molecule has 1 atom stereocenters. The lowest BCUT2D eigenvalue weighted by Gasteiger charge is -2.05. The molecule has 0 saturated heterocycles. The fourth-order valence-corrected chi connectivity index (χ4v) is 1.49. The van der Waals surface area contributed by atoms with Crippen LogP contribution in [0.5, 0.6) is 0 Å². The van der Waals surface area contributed by atoms with Gasteiger partial charge in [-0.15, -0.1) is 0 Å². The summed E-state index contributed by atoms with van der Waals surface area (Å²) < 4.78 is 5.00. The van der Waals surface area contributed by atoms with Crippen LogP contribution in [0.25, 0.3) is 0 Å². The molecule has 0 bridgehead atoms. The second kappa shape index (κ2) is 5.26. The van der Waals surface area contributed by atoms with Crippen LogP contribution in [0.3, 0.4) is 0 Å². The predicted octanol–water partition coefficient (Wildman–Crippen LogP) is 0.242. The van der Waals surface area contributed by atoms with Gasteiger partial charge in [0.2, 0.25) is 11.8 Å². The molecule has 0 aliphatic carbocycles. The summed E-state index contributed by atoms with van der Waals surface area (Å²) in [5.41, 5.74) is 5.25. The minimum atomic E-state index is -0.510. The second-order valence-electron chi connectivity index (χ2n) is 3.79. The lowest BCUT2D eigenvalue weighted by Crippen LogP contribution is -2.29. The molecular formula is C11H12N4O3. The van der Waals surface area contributed by atoms with Crippen LogP contribution < -0.4 is 10.9 Å². The second-order valence-corrected chi connectivity index (χ2v) is 3.79. The van der Waals surface area contributed by atoms with Crippen LogP contribution in [0.15, 0.2) is 33.0 Å².